The molecule has 0 radical (unpaired) electrons. The number of halogens is 3. The highest BCUT2D eigenvalue weighted by molar-refractivity contribution is 6.03. The van der Waals surface area contributed by atoms with Crippen LogP contribution in [0.15, 0.2) is 41.5 Å². The molecule has 0 bridgehead atoms. The van der Waals surface area contributed by atoms with Crippen LogP contribution in [0.4, 0.5) is 18.9 Å². The molecule has 3 atom stereocenters. The number of nitrogens with zero attached hydrogens (tertiary/aromatic N) is 2. The van der Waals surface area contributed by atoms with Crippen LogP contribution >= 0.6 is 0 Å². The molecule has 2 aromatic rings. The zero-order valence-electron chi connectivity index (χ0n) is 19.4. The summed E-state index contributed by atoms with van der Waals surface area (Å²) < 4.78 is 76.8. The van der Waals surface area contributed by atoms with Gasteiger partial charge in [0.05, 0.1) is 30.6 Å². The molecule has 7 nitrogen and oxygen atoms in total. The molecule has 4 rings (SSSR count). The van der Waals surface area contributed by atoms with Crippen LogP contribution < -0.4 is 15.8 Å². The topological polar surface area (TPSA) is 98.8 Å². The largest absolute Gasteiger partial charge is 0.495 e. The van der Waals surface area contributed by atoms with E-state index in [-0.39, 0.29) is 29.3 Å². The number of nitrogens with two attached hydrogens (primary N) is 1. The third-order valence-corrected chi connectivity index (χ3v) is 5.60. The fraction of sp³-hybridized carbons (Fsp3) is 0.381. The number of amides is 1. The van der Waals surface area contributed by atoms with Crippen molar-refractivity contribution in [1.82, 2.24) is 4.98 Å². The zero-order valence-corrected chi connectivity index (χ0v) is 16.4. The van der Waals surface area contributed by atoms with Crippen LogP contribution in [0.3, 0.4) is 0 Å². The van der Waals surface area contributed by atoms with Crippen LogP contribution in [0.2, 0.25) is 0 Å². The van der Waals surface area contributed by atoms with Crippen molar-refractivity contribution >= 4 is 17.4 Å². The van der Waals surface area contributed by atoms with Crippen LogP contribution in [0.25, 0.3) is 0 Å². The summed E-state index contributed by atoms with van der Waals surface area (Å²) in [6, 6.07) is 5.97. The Hall–Kier alpha value is -3.14. The highest BCUT2D eigenvalue weighted by atomic mass is 19.2. The van der Waals surface area contributed by atoms with Gasteiger partial charge in [-0.25, -0.2) is 18.2 Å². The van der Waals surface area contributed by atoms with E-state index in [1.807, 2.05) is 0 Å². The predicted molar refractivity (Wildman–Crippen MR) is 107 cm³/mol. The van der Waals surface area contributed by atoms with E-state index in [0.29, 0.717) is 0 Å². The minimum Gasteiger partial charge on any atom is -0.495 e. The Bertz CT molecular complexity index is 1160. The number of alkyl halides is 2. The van der Waals surface area contributed by atoms with Crippen LogP contribution in [-0.4, -0.2) is 48.3 Å². The monoisotopic (exact) mass is 437 g/mol. The van der Waals surface area contributed by atoms with E-state index in [9.17, 15) is 13.6 Å². The molecule has 2 aliphatic heterocycles. The number of fused-ring (bicyclic) bond motifs is 1. The molecule has 1 fully saturated rings. The first kappa shape index (κ1) is 17.5. The number of methoxy groups -OCH3 is 1. The van der Waals surface area contributed by atoms with E-state index >= 15 is 4.39 Å². The Balaban J connectivity index is 1.63. The minimum atomic E-state index is -2.67. The Morgan fingerprint density at radius 3 is 2.84 bits per heavy atom. The molecule has 3 N–H and O–H groups in total. The fourth-order valence-electron chi connectivity index (χ4n) is 3.95. The number of carbonyl (C=O) groups excluding carboxylic acids is 1. The lowest BCUT2D eigenvalue weighted by atomic mass is 9.70. The van der Waals surface area contributed by atoms with Crippen molar-refractivity contribution in [3.8, 4) is 5.75 Å². The standard InChI is InChI=1S/C21H21F3N4O3/c1-19(23)9-20(24)10-31-11-21(20,28-18(19)25)14-7-12(3-5-15(14)22)27-17(29)16-6-4-13(30-2)8-26-16/h3-8H,9-11H2,1-2H3,(H2,25,28)(H,27,29)/t19-,20-,21+/m0/s1/i2D3. The molecule has 0 spiro atoms. The molecule has 2 aliphatic rings. The van der Waals surface area contributed by atoms with Crippen molar-refractivity contribution in [1.29, 1.82) is 0 Å². The number of aromatic nitrogens is 1. The molecule has 1 aromatic heterocycles. The molecule has 1 amide bonds. The van der Waals surface area contributed by atoms with Crippen molar-refractivity contribution in [2.45, 2.75) is 30.2 Å². The maximum atomic E-state index is 15.9. The second kappa shape index (κ2) is 7.23. The van der Waals surface area contributed by atoms with Gasteiger partial charge in [-0.05, 0) is 37.3 Å². The number of anilines is 1. The lowest BCUT2D eigenvalue weighted by Gasteiger charge is -2.43. The van der Waals surface area contributed by atoms with Crippen LogP contribution in [0, 0.1) is 5.82 Å². The summed E-state index contributed by atoms with van der Waals surface area (Å²) in [5.74, 6) is -2.06. The maximum absolute atomic E-state index is 15.9. The lowest BCUT2D eigenvalue weighted by Crippen LogP contribution is -2.58. The third-order valence-electron chi connectivity index (χ3n) is 5.60. The molecular weight excluding hydrogens is 413 g/mol. The molecule has 1 saturated heterocycles. The first-order valence-corrected chi connectivity index (χ1v) is 9.33. The van der Waals surface area contributed by atoms with Crippen LogP contribution in [-0.2, 0) is 10.3 Å². The molecular formula is C21H21F3N4O3. The van der Waals surface area contributed by atoms with Gasteiger partial charge >= 0.3 is 0 Å². The van der Waals surface area contributed by atoms with Crippen molar-refractivity contribution in [2.24, 2.45) is 10.7 Å². The maximum Gasteiger partial charge on any atom is 0.274 e. The Kier molecular flexibility index (Phi) is 4.09. The van der Waals surface area contributed by atoms with E-state index in [4.69, 9.17) is 19.3 Å². The van der Waals surface area contributed by atoms with E-state index in [0.717, 1.165) is 19.2 Å². The molecule has 0 saturated carbocycles. The summed E-state index contributed by atoms with van der Waals surface area (Å²) >= 11 is 0. The number of rotatable bonds is 4. The number of pyridine rings is 1. The zero-order chi connectivity index (χ0) is 24.9. The lowest BCUT2D eigenvalue weighted by molar-refractivity contribution is 0.0234. The van der Waals surface area contributed by atoms with Crippen LogP contribution in [0.5, 0.6) is 5.75 Å². The average molecular weight is 437 g/mol. The van der Waals surface area contributed by atoms with E-state index in [2.05, 4.69) is 15.3 Å². The third kappa shape index (κ3) is 3.40. The summed E-state index contributed by atoms with van der Waals surface area (Å²) in [6.07, 6.45) is 0.400. The van der Waals surface area contributed by atoms with Gasteiger partial charge in [0.15, 0.2) is 16.9 Å². The van der Waals surface area contributed by atoms with Crippen LogP contribution in [0.1, 0.15) is 33.5 Å². The summed E-state index contributed by atoms with van der Waals surface area (Å²) in [7, 11) is -2.67. The quantitative estimate of drug-likeness (QED) is 0.767. The second-order valence-corrected chi connectivity index (χ2v) is 7.82. The first-order valence-electron chi connectivity index (χ1n) is 10.8. The van der Waals surface area contributed by atoms with Gasteiger partial charge in [-0.2, -0.15) is 0 Å². The number of hydrogen-bond donors (Lipinski definition) is 2. The number of hydrogen-bond acceptors (Lipinski definition) is 6. The Labute approximate surface area is 180 Å². The number of ether oxygens (including phenoxy) is 2. The Morgan fingerprint density at radius 1 is 1.32 bits per heavy atom. The second-order valence-electron chi connectivity index (χ2n) is 7.82. The van der Waals surface area contributed by atoms with Gasteiger partial charge in [-0.1, -0.05) is 0 Å². The minimum absolute atomic E-state index is 0.0622. The first-order chi connectivity index (χ1) is 15.7. The van der Waals surface area contributed by atoms with Gasteiger partial charge in [0.1, 0.15) is 23.1 Å². The molecule has 31 heavy (non-hydrogen) atoms. The van der Waals surface area contributed by atoms with E-state index in [1.165, 1.54) is 24.3 Å². The number of nitrogens with one attached hydrogen (secondary N) is 1. The molecule has 10 heteroatoms. The Morgan fingerprint density at radius 2 is 2.13 bits per heavy atom. The molecule has 3 heterocycles. The fourth-order valence-corrected chi connectivity index (χ4v) is 3.95. The normalized spacial score (nSPS) is 31.6. The summed E-state index contributed by atoms with van der Waals surface area (Å²) in [5.41, 5.74) is -0.977. The molecule has 0 aliphatic carbocycles. The number of amidine groups is 1. The van der Waals surface area contributed by atoms with Gasteiger partial charge in [-0.15, -0.1) is 0 Å². The van der Waals surface area contributed by atoms with Gasteiger partial charge in [0, 0.05) is 17.7 Å². The van der Waals surface area contributed by atoms with Gasteiger partial charge in [0.25, 0.3) is 5.91 Å². The van der Waals surface area contributed by atoms with Crippen molar-refractivity contribution < 1.29 is 31.6 Å². The molecule has 164 valence electrons. The van der Waals surface area contributed by atoms with Crippen molar-refractivity contribution in [2.75, 3.05) is 25.6 Å². The number of carbonyl (C=O) groups is 1. The van der Waals surface area contributed by atoms with Gasteiger partial charge < -0.3 is 20.5 Å². The summed E-state index contributed by atoms with van der Waals surface area (Å²) in [5, 5.41) is 2.51. The summed E-state index contributed by atoms with van der Waals surface area (Å²) in [4.78, 5) is 20.5. The predicted octanol–water partition coefficient (Wildman–Crippen LogP) is 2.90. The van der Waals surface area contributed by atoms with Crippen molar-refractivity contribution in [3.63, 3.8) is 0 Å². The highest BCUT2D eigenvalue weighted by Gasteiger charge is 2.65. The summed E-state index contributed by atoms with van der Waals surface area (Å²) in [6.45, 7) is 0.249. The van der Waals surface area contributed by atoms with Gasteiger partial charge in [0.2, 0.25) is 0 Å². The van der Waals surface area contributed by atoms with Crippen molar-refractivity contribution in [3.05, 3.63) is 53.6 Å². The SMILES string of the molecule is [2H]C([2H])([2H])Oc1ccc(C(=O)Nc2ccc(F)c([C@]34COC[C@@]3(F)C[C@](C)(F)C(N)=N4)c2)nc1. The van der Waals surface area contributed by atoms with Gasteiger partial charge in [-0.3, -0.25) is 9.79 Å². The number of benzene rings is 1. The van der Waals surface area contributed by atoms with E-state index < -0.39 is 54.5 Å². The number of aliphatic imine (C=N–C) groups is 1. The molecule has 0 unspecified atom stereocenters. The smallest absolute Gasteiger partial charge is 0.274 e. The molecule has 1 aromatic carbocycles. The van der Waals surface area contributed by atoms with E-state index in [1.54, 1.807) is 0 Å². The average Bonchev–Trinajstić information content (AvgIpc) is 3.04. The highest BCUT2D eigenvalue weighted by Crippen LogP contribution is 2.53.